The molecule has 2 aromatic carbocycles. The second-order valence-electron chi connectivity index (χ2n) is 6.28. The number of anilines is 1. The summed E-state index contributed by atoms with van der Waals surface area (Å²) in [6.07, 6.45) is 1.58. The fourth-order valence-corrected chi connectivity index (χ4v) is 4.63. The summed E-state index contributed by atoms with van der Waals surface area (Å²) in [4.78, 5) is 8.54. The van der Waals surface area contributed by atoms with Crippen LogP contribution in [-0.2, 0) is 15.6 Å². The Labute approximate surface area is 170 Å². The normalized spacial score (nSPS) is 11.4. The van der Waals surface area contributed by atoms with E-state index in [1.807, 2.05) is 6.07 Å². The molecule has 0 aliphatic rings. The van der Waals surface area contributed by atoms with E-state index in [-0.39, 0.29) is 21.2 Å². The lowest BCUT2D eigenvalue weighted by Crippen LogP contribution is -2.07. The van der Waals surface area contributed by atoms with Gasteiger partial charge in [0.05, 0.1) is 21.6 Å². The maximum Gasteiger partial charge on any atom is 0.186 e. The van der Waals surface area contributed by atoms with Crippen molar-refractivity contribution < 1.29 is 8.42 Å². The second kappa shape index (κ2) is 7.16. The van der Waals surface area contributed by atoms with Gasteiger partial charge in [-0.25, -0.2) is 18.4 Å². The molecule has 0 unspecified atom stereocenters. The van der Waals surface area contributed by atoms with Gasteiger partial charge in [-0.1, -0.05) is 35.9 Å². The van der Waals surface area contributed by atoms with Gasteiger partial charge in [0, 0.05) is 16.8 Å². The third-order valence-corrected chi connectivity index (χ3v) is 6.27. The Balaban J connectivity index is 1.62. The van der Waals surface area contributed by atoms with Gasteiger partial charge in [0.1, 0.15) is 11.9 Å². The molecule has 2 aromatic heterocycles. The van der Waals surface area contributed by atoms with Crippen LogP contribution in [0.15, 0.2) is 53.6 Å². The van der Waals surface area contributed by atoms with Crippen LogP contribution in [0.1, 0.15) is 11.1 Å². The minimum Gasteiger partial charge on any atom is -0.383 e. The Kier molecular flexibility index (Phi) is 4.66. The molecule has 2 heterocycles. The Morgan fingerprint density at radius 1 is 1.17 bits per heavy atom. The van der Waals surface area contributed by atoms with E-state index in [2.05, 4.69) is 20.2 Å². The second-order valence-corrected chi connectivity index (χ2v) is 8.67. The molecular weight excluding hydrogens is 412 g/mol. The molecule has 0 aliphatic heterocycles. The summed E-state index contributed by atoms with van der Waals surface area (Å²) in [5.74, 6) is 0.572. The predicted molar refractivity (Wildman–Crippen MR) is 109 cm³/mol. The van der Waals surface area contributed by atoms with Crippen LogP contribution in [0.4, 0.5) is 5.82 Å². The summed E-state index contributed by atoms with van der Waals surface area (Å²) in [5.41, 5.74) is 7.51. The van der Waals surface area contributed by atoms with Gasteiger partial charge in [-0.3, -0.25) is 5.10 Å². The number of hydrogen-bond acceptors (Lipinski definition) is 7. The number of nitrogen functional groups attached to an aromatic ring is 1. The van der Waals surface area contributed by atoms with Crippen LogP contribution < -0.4 is 5.73 Å². The number of H-pyrrole nitrogens is 1. The molecule has 29 heavy (non-hydrogen) atoms. The minimum atomic E-state index is -3.75. The topological polar surface area (TPSA) is 138 Å². The van der Waals surface area contributed by atoms with E-state index in [1.165, 1.54) is 18.2 Å². The first-order chi connectivity index (χ1) is 13.9. The molecule has 0 amide bonds. The van der Waals surface area contributed by atoms with Crippen LogP contribution in [-0.4, -0.2) is 28.6 Å². The number of aromatic nitrogens is 4. The smallest absolute Gasteiger partial charge is 0.186 e. The first kappa shape index (κ1) is 18.9. The number of benzene rings is 2. The zero-order valence-corrected chi connectivity index (χ0v) is 16.4. The summed E-state index contributed by atoms with van der Waals surface area (Å²) in [7, 11) is -3.75. The molecule has 0 radical (unpaired) electrons. The lowest BCUT2D eigenvalue weighted by Gasteiger charge is -2.08. The first-order valence-electron chi connectivity index (χ1n) is 8.36. The number of nitrogens with two attached hydrogens (primary N) is 1. The number of halogens is 1. The average Bonchev–Trinajstić information content (AvgIpc) is 3.08. The third-order valence-electron chi connectivity index (χ3n) is 4.31. The van der Waals surface area contributed by atoms with Crippen LogP contribution in [0.3, 0.4) is 0 Å². The van der Waals surface area contributed by atoms with Crippen molar-refractivity contribution >= 4 is 38.3 Å². The zero-order chi connectivity index (χ0) is 20.6. The van der Waals surface area contributed by atoms with Gasteiger partial charge >= 0.3 is 0 Å². The van der Waals surface area contributed by atoms with Crippen molar-refractivity contribution in [2.45, 2.75) is 10.6 Å². The van der Waals surface area contributed by atoms with Gasteiger partial charge in [0.2, 0.25) is 0 Å². The van der Waals surface area contributed by atoms with E-state index in [1.54, 1.807) is 30.5 Å². The van der Waals surface area contributed by atoms with Crippen molar-refractivity contribution in [3.63, 3.8) is 0 Å². The van der Waals surface area contributed by atoms with Crippen LogP contribution in [0.2, 0.25) is 5.02 Å². The predicted octanol–water partition coefficient (Wildman–Crippen LogP) is 3.10. The van der Waals surface area contributed by atoms with Crippen LogP contribution in [0, 0.1) is 11.3 Å². The quantitative estimate of drug-likeness (QED) is 0.513. The highest BCUT2D eigenvalue weighted by molar-refractivity contribution is 7.90. The maximum absolute atomic E-state index is 12.8. The molecule has 0 fully saturated rings. The van der Waals surface area contributed by atoms with Crippen LogP contribution in [0.25, 0.3) is 22.4 Å². The SMILES string of the molecule is N#Cc1ccc(Cl)cc1S(=O)(=O)Cc1ccc(-c2ncc3c(N)[nH]nc3n2)cc1. The summed E-state index contributed by atoms with van der Waals surface area (Å²) < 4.78 is 25.6. The van der Waals surface area contributed by atoms with Crippen molar-refractivity contribution in [1.29, 1.82) is 5.26 Å². The van der Waals surface area contributed by atoms with Gasteiger partial charge < -0.3 is 5.73 Å². The summed E-state index contributed by atoms with van der Waals surface area (Å²) in [6.45, 7) is 0. The van der Waals surface area contributed by atoms with Gasteiger partial charge in [-0.2, -0.15) is 10.4 Å². The van der Waals surface area contributed by atoms with Gasteiger partial charge in [-0.15, -0.1) is 0 Å². The van der Waals surface area contributed by atoms with E-state index in [0.29, 0.717) is 33.8 Å². The number of aromatic amines is 1. The fourth-order valence-electron chi connectivity index (χ4n) is 2.85. The van der Waals surface area contributed by atoms with E-state index in [0.717, 1.165) is 0 Å². The Morgan fingerprint density at radius 2 is 1.93 bits per heavy atom. The number of rotatable bonds is 4. The van der Waals surface area contributed by atoms with Crippen molar-refractivity contribution in [3.05, 3.63) is 64.8 Å². The number of nitrogens with one attached hydrogen (secondary N) is 1. The van der Waals surface area contributed by atoms with Gasteiger partial charge in [0.25, 0.3) is 0 Å². The van der Waals surface area contributed by atoms with E-state index >= 15 is 0 Å². The molecular formula is C19H13ClN6O2S. The van der Waals surface area contributed by atoms with E-state index in [9.17, 15) is 13.7 Å². The Hall–Kier alpha value is -3.48. The van der Waals surface area contributed by atoms with E-state index in [4.69, 9.17) is 17.3 Å². The number of nitrogens with zero attached hydrogens (tertiary/aromatic N) is 4. The molecule has 0 aliphatic carbocycles. The molecule has 8 nitrogen and oxygen atoms in total. The van der Waals surface area contributed by atoms with E-state index < -0.39 is 9.84 Å². The summed E-state index contributed by atoms with van der Waals surface area (Å²) in [6, 6.07) is 12.9. The molecule has 144 valence electrons. The average molecular weight is 425 g/mol. The fraction of sp³-hybridized carbons (Fsp3) is 0.0526. The molecule has 4 aromatic rings. The zero-order valence-electron chi connectivity index (χ0n) is 14.8. The van der Waals surface area contributed by atoms with Crippen molar-refractivity contribution in [2.75, 3.05) is 5.73 Å². The van der Waals surface area contributed by atoms with Crippen molar-refractivity contribution in [1.82, 2.24) is 20.2 Å². The summed E-state index contributed by atoms with van der Waals surface area (Å²) in [5, 5.41) is 16.7. The molecule has 0 saturated heterocycles. The molecule has 0 spiro atoms. The Bertz CT molecular complexity index is 1370. The number of sulfone groups is 1. The molecule has 3 N–H and O–H groups in total. The largest absolute Gasteiger partial charge is 0.383 e. The highest BCUT2D eigenvalue weighted by atomic mass is 35.5. The van der Waals surface area contributed by atoms with Gasteiger partial charge in [0.15, 0.2) is 21.3 Å². The van der Waals surface area contributed by atoms with Crippen LogP contribution in [0.5, 0.6) is 0 Å². The lowest BCUT2D eigenvalue weighted by molar-refractivity contribution is 0.595. The highest BCUT2D eigenvalue weighted by Crippen LogP contribution is 2.25. The van der Waals surface area contributed by atoms with Crippen molar-refractivity contribution in [3.8, 4) is 17.5 Å². The minimum absolute atomic E-state index is 0.0611. The van der Waals surface area contributed by atoms with Crippen molar-refractivity contribution in [2.24, 2.45) is 0 Å². The maximum atomic E-state index is 12.8. The summed E-state index contributed by atoms with van der Waals surface area (Å²) >= 11 is 5.91. The third kappa shape index (κ3) is 3.63. The number of nitriles is 1. The number of hydrogen-bond donors (Lipinski definition) is 2. The monoisotopic (exact) mass is 424 g/mol. The molecule has 4 rings (SSSR count). The van der Waals surface area contributed by atoms with Crippen LogP contribution >= 0.6 is 11.6 Å². The molecule has 10 heteroatoms. The molecule has 0 bridgehead atoms. The lowest BCUT2D eigenvalue weighted by atomic mass is 10.1. The standard InChI is InChI=1S/C19H13ClN6O2S/c20-14-6-5-13(8-21)16(7-14)29(27,28)10-11-1-3-12(4-2-11)18-23-9-15-17(22)25-26-19(15)24-18/h1-7,9H,10H2,(H3,22,23,24,25,26). The van der Waals surface area contributed by atoms with Gasteiger partial charge in [-0.05, 0) is 23.8 Å². The Morgan fingerprint density at radius 3 is 2.66 bits per heavy atom. The molecule has 0 atom stereocenters. The number of fused-ring (bicyclic) bond motifs is 1. The highest BCUT2D eigenvalue weighted by Gasteiger charge is 2.20. The first-order valence-corrected chi connectivity index (χ1v) is 10.4. The molecule has 0 saturated carbocycles.